The first-order valence-electron chi connectivity index (χ1n) is 11.7. The van der Waals surface area contributed by atoms with Gasteiger partial charge in [-0.1, -0.05) is 29.8 Å². The summed E-state index contributed by atoms with van der Waals surface area (Å²) in [6.07, 6.45) is 9.14. The highest BCUT2D eigenvalue weighted by atomic mass is 35.5. The highest BCUT2D eigenvalue weighted by Gasteiger charge is 2.21. The predicted molar refractivity (Wildman–Crippen MR) is 136 cm³/mol. The van der Waals surface area contributed by atoms with Crippen LogP contribution in [0.4, 0.5) is 5.95 Å². The van der Waals surface area contributed by atoms with Crippen LogP contribution in [0.2, 0.25) is 5.02 Å². The Labute approximate surface area is 211 Å². The quantitative estimate of drug-likeness (QED) is 0.439. The third-order valence-corrected chi connectivity index (χ3v) is 8.34. The van der Waals surface area contributed by atoms with Gasteiger partial charge in [0.1, 0.15) is 0 Å². The molecule has 1 aliphatic rings. The zero-order valence-corrected chi connectivity index (χ0v) is 21.2. The molecule has 2 aromatic heterocycles. The average molecular weight is 516 g/mol. The summed E-state index contributed by atoms with van der Waals surface area (Å²) in [5.74, 6) is 0.784. The number of sulfone groups is 1. The molecule has 1 fully saturated rings. The van der Waals surface area contributed by atoms with Gasteiger partial charge in [-0.15, -0.1) is 0 Å². The van der Waals surface area contributed by atoms with Crippen LogP contribution in [0.5, 0.6) is 5.88 Å². The Morgan fingerprint density at radius 2 is 1.77 bits per heavy atom. The van der Waals surface area contributed by atoms with E-state index in [1.807, 2.05) is 18.5 Å². The van der Waals surface area contributed by atoms with Crippen molar-refractivity contribution in [2.75, 3.05) is 12.4 Å². The van der Waals surface area contributed by atoms with Crippen LogP contribution in [0.15, 0.2) is 53.7 Å². The van der Waals surface area contributed by atoms with Crippen molar-refractivity contribution in [2.24, 2.45) is 5.73 Å². The van der Waals surface area contributed by atoms with E-state index < -0.39 is 9.84 Å². The molecule has 186 valence electrons. The van der Waals surface area contributed by atoms with Crippen LogP contribution in [-0.4, -0.2) is 42.6 Å². The monoisotopic (exact) mass is 515 g/mol. The summed E-state index contributed by atoms with van der Waals surface area (Å²) in [5, 5.41) is 3.59. The van der Waals surface area contributed by atoms with E-state index in [0.717, 1.165) is 36.8 Å². The third-order valence-electron chi connectivity index (χ3n) is 6.19. The van der Waals surface area contributed by atoms with E-state index >= 15 is 0 Å². The molecule has 0 radical (unpaired) electrons. The topological polar surface area (TPSA) is 120 Å². The second kappa shape index (κ2) is 11.3. The van der Waals surface area contributed by atoms with Crippen LogP contribution in [-0.2, 0) is 28.4 Å². The van der Waals surface area contributed by atoms with Gasteiger partial charge in [0.25, 0.3) is 0 Å². The Hall–Kier alpha value is -2.75. The second-order valence-corrected chi connectivity index (χ2v) is 11.2. The molecule has 0 bridgehead atoms. The maximum absolute atomic E-state index is 12.8. The highest BCUT2D eigenvalue weighted by molar-refractivity contribution is 7.90. The molecule has 0 aliphatic heterocycles. The third kappa shape index (κ3) is 6.68. The minimum absolute atomic E-state index is 0.0940. The summed E-state index contributed by atoms with van der Waals surface area (Å²) in [6, 6.07) is 10.6. The summed E-state index contributed by atoms with van der Waals surface area (Å²) in [7, 11) is -2.11. The van der Waals surface area contributed by atoms with Gasteiger partial charge >= 0.3 is 0 Å². The van der Waals surface area contributed by atoms with Crippen molar-refractivity contribution in [3.8, 4) is 5.88 Å². The standard InChI is InChI=1S/C25H30ClN5O3S/c1-34-24-18(8-11-21(30-24)16-35(32,33)23-5-3-2-4-22(23)26)7-6-17-14-28-25(29-15-17)31-20-12-9-19(27)10-13-20/h2-5,8,11,14-15,19-20H,6-7,9-10,12-13,16,27H2,1H3,(H,28,29,31). The van der Waals surface area contributed by atoms with E-state index in [-0.39, 0.29) is 15.7 Å². The van der Waals surface area contributed by atoms with Crippen LogP contribution >= 0.6 is 11.6 Å². The molecule has 2 heterocycles. The average Bonchev–Trinajstić information content (AvgIpc) is 2.85. The number of rotatable bonds is 9. The van der Waals surface area contributed by atoms with Crippen molar-refractivity contribution in [3.63, 3.8) is 0 Å². The molecule has 35 heavy (non-hydrogen) atoms. The first-order chi connectivity index (χ1) is 16.8. The maximum atomic E-state index is 12.8. The molecule has 0 saturated heterocycles. The lowest BCUT2D eigenvalue weighted by atomic mass is 9.92. The molecule has 3 N–H and O–H groups in total. The van der Waals surface area contributed by atoms with Crippen LogP contribution in [0.3, 0.4) is 0 Å². The van der Waals surface area contributed by atoms with Crippen molar-refractivity contribution < 1.29 is 13.2 Å². The predicted octanol–water partition coefficient (Wildman–Crippen LogP) is 3.97. The lowest BCUT2D eigenvalue weighted by molar-refractivity contribution is 0.391. The molecule has 1 aromatic carbocycles. The fraction of sp³-hybridized carbons (Fsp3) is 0.400. The Balaban J connectivity index is 1.37. The van der Waals surface area contributed by atoms with Gasteiger partial charge in [-0.25, -0.2) is 23.4 Å². The molecule has 3 aromatic rings. The largest absolute Gasteiger partial charge is 0.481 e. The van der Waals surface area contributed by atoms with Crippen molar-refractivity contribution >= 4 is 27.4 Å². The molecule has 10 heteroatoms. The molecular weight excluding hydrogens is 486 g/mol. The molecule has 1 aliphatic carbocycles. The van der Waals surface area contributed by atoms with E-state index in [1.54, 1.807) is 24.3 Å². The lowest BCUT2D eigenvalue weighted by Crippen LogP contribution is -2.33. The molecule has 8 nitrogen and oxygen atoms in total. The number of halogens is 1. The van der Waals surface area contributed by atoms with E-state index in [1.165, 1.54) is 13.2 Å². The van der Waals surface area contributed by atoms with Gasteiger partial charge in [-0.3, -0.25) is 0 Å². The van der Waals surface area contributed by atoms with Gasteiger partial charge in [0.15, 0.2) is 9.84 Å². The Kier molecular flexibility index (Phi) is 8.20. The maximum Gasteiger partial charge on any atom is 0.222 e. The summed E-state index contributed by atoms with van der Waals surface area (Å²) >= 11 is 6.08. The molecule has 0 spiro atoms. The molecule has 0 unspecified atom stereocenters. The Morgan fingerprint density at radius 3 is 2.46 bits per heavy atom. The van der Waals surface area contributed by atoms with Crippen molar-refractivity contribution in [1.82, 2.24) is 15.0 Å². The minimum Gasteiger partial charge on any atom is -0.481 e. The van der Waals surface area contributed by atoms with Gasteiger partial charge in [0, 0.05) is 30.0 Å². The summed E-state index contributed by atoms with van der Waals surface area (Å²) in [4.78, 5) is 13.4. The Morgan fingerprint density at radius 1 is 1.06 bits per heavy atom. The SMILES string of the molecule is COc1nc(CS(=O)(=O)c2ccccc2Cl)ccc1CCc1cnc(NC2CCC(N)CC2)nc1. The van der Waals surface area contributed by atoms with Crippen LogP contribution in [0.1, 0.15) is 42.5 Å². The van der Waals surface area contributed by atoms with Gasteiger partial charge in [0.2, 0.25) is 11.8 Å². The van der Waals surface area contributed by atoms with Gasteiger partial charge in [-0.05, 0) is 62.3 Å². The number of hydrogen-bond donors (Lipinski definition) is 2. The van der Waals surface area contributed by atoms with Crippen molar-refractivity contribution in [3.05, 3.63) is 70.6 Å². The summed E-state index contributed by atoms with van der Waals surface area (Å²) in [5.41, 5.74) is 8.24. The van der Waals surface area contributed by atoms with Crippen molar-refractivity contribution in [1.29, 1.82) is 0 Å². The number of nitrogens with one attached hydrogen (secondary N) is 1. The minimum atomic E-state index is -3.63. The number of aryl methyl sites for hydroxylation is 2. The van der Waals surface area contributed by atoms with E-state index in [2.05, 4.69) is 20.3 Å². The molecule has 0 atom stereocenters. The fourth-order valence-corrected chi connectivity index (χ4v) is 6.05. The first kappa shape index (κ1) is 25.3. The van der Waals surface area contributed by atoms with Gasteiger partial charge in [-0.2, -0.15) is 0 Å². The number of ether oxygens (including phenoxy) is 1. The van der Waals surface area contributed by atoms with E-state index in [4.69, 9.17) is 22.1 Å². The normalized spacial score (nSPS) is 18.3. The first-order valence-corrected chi connectivity index (χ1v) is 13.7. The molecule has 4 rings (SSSR count). The molecule has 1 saturated carbocycles. The van der Waals surface area contributed by atoms with Crippen molar-refractivity contribution in [2.45, 2.75) is 61.3 Å². The number of nitrogens with zero attached hydrogens (tertiary/aromatic N) is 3. The number of hydrogen-bond acceptors (Lipinski definition) is 8. The number of nitrogens with two attached hydrogens (primary N) is 1. The lowest BCUT2D eigenvalue weighted by Gasteiger charge is -2.26. The zero-order chi connectivity index (χ0) is 24.8. The molecular formula is C25H30ClN5O3S. The number of benzene rings is 1. The van der Waals surface area contributed by atoms with Gasteiger partial charge < -0.3 is 15.8 Å². The number of pyridine rings is 1. The van der Waals surface area contributed by atoms with E-state index in [0.29, 0.717) is 42.4 Å². The number of methoxy groups -OCH3 is 1. The second-order valence-electron chi connectivity index (χ2n) is 8.83. The van der Waals surface area contributed by atoms with Crippen LogP contribution < -0.4 is 15.8 Å². The number of aromatic nitrogens is 3. The van der Waals surface area contributed by atoms with Gasteiger partial charge in [0.05, 0.1) is 28.5 Å². The summed E-state index contributed by atoms with van der Waals surface area (Å²) in [6.45, 7) is 0. The zero-order valence-electron chi connectivity index (χ0n) is 19.7. The van der Waals surface area contributed by atoms with Crippen LogP contribution in [0.25, 0.3) is 0 Å². The number of anilines is 1. The fourth-order valence-electron chi connectivity index (χ4n) is 4.21. The highest BCUT2D eigenvalue weighted by Crippen LogP contribution is 2.26. The smallest absolute Gasteiger partial charge is 0.222 e. The van der Waals surface area contributed by atoms with Crippen LogP contribution in [0, 0.1) is 0 Å². The van der Waals surface area contributed by atoms with E-state index in [9.17, 15) is 8.42 Å². The Bertz CT molecular complexity index is 1250. The molecule has 0 amide bonds. The summed E-state index contributed by atoms with van der Waals surface area (Å²) < 4.78 is 31.0.